The molecular weight excluding hydrogens is 276 g/mol. The molecule has 1 aliphatic carbocycles. The second-order valence-electron chi connectivity index (χ2n) is 6.55. The predicted molar refractivity (Wildman–Crippen MR) is 77.9 cm³/mol. The zero-order valence-corrected chi connectivity index (χ0v) is 12.7. The molecule has 0 aromatic carbocycles. The smallest absolute Gasteiger partial charge is 0.244 e. The average molecular weight is 295 g/mol. The zero-order chi connectivity index (χ0) is 14.3. The van der Waals surface area contributed by atoms with Crippen LogP contribution in [0.3, 0.4) is 0 Å². The average Bonchev–Trinajstić information content (AvgIpc) is 2.73. The summed E-state index contributed by atoms with van der Waals surface area (Å²) in [7, 11) is 0. The molecule has 6 heteroatoms. The summed E-state index contributed by atoms with van der Waals surface area (Å²) >= 11 is 5.93. The molecule has 108 valence electrons. The molecular formula is C14H19ClN4O. The lowest BCUT2D eigenvalue weighted by Gasteiger charge is -2.38. The van der Waals surface area contributed by atoms with Crippen LogP contribution in [-0.2, 0) is 0 Å². The van der Waals surface area contributed by atoms with Crippen LogP contribution >= 0.6 is 11.6 Å². The Morgan fingerprint density at radius 2 is 2.15 bits per heavy atom. The van der Waals surface area contributed by atoms with E-state index in [-0.39, 0.29) is 11.4 Å². The molecule has 3 rings (SSSR count). The van der Waals surface area contributed by atoms with Crippen molar-refractivity contribution in [3.05, 3.63) is 11.6 Å². The van der Waals surface area contributed by atoms with Crippen molar-refractivity contribution in [3.63, 3.8) is 0 Å². The molecule has 0 saturated heterocycles. The van der Waals surface area contributed by atoms with Crippen molar-refractivity contribution in [1.29, 1.82) is 0 Å². The number of nitrogens with one attached hydrogen (secondary N) is 1. The van der Waals surface area contributed by atoms with Gasteiger partial charge in [0.2, 0.25) is 11.2 Å². The molecule has 1 N–H and O–H groups in total. The van der Waals surface area contributed by atoms with Gasteiger partial charge in [-0.1, -0.05) is 20.8 Å². The molecule has 0 amide bonds. The third-order valence-electron chi connectivity index (χ3n) is 3.85. The second-order valence-corrected chi connectivity index (χ2v) is 6.89. The Morgan fingerprint density at radius 1 is 1.35 bits per heavy atom. The Labute approximate surface area is 123 Å². The molecule has 1 aliphatic rings. The highest BCUT2D eigenvalue weighted by Gasteiger charge is 2.33. The van der Waals surface area contributed by atoms with Crippen LogP contribution in [0.5, 0.6) is 5.88 Å². The molecule has 20 heavy (non-hydrogen) atoms. The summed E-state index contributed by atoms with van der Waals surface area (Å²) in [5.41, 5.74) is 1.56. The molecule has 0 aliphatic heterocycles. The second kappa shape index (κ2) is 4.88. The summed E-state index contributed by atoms with van der Waals surface area (Å²) in [6, 6.07) is 0. The zero-order valence-electron chi connectivity index (χ0n) is 12.0. The highest BCUT2D eigenvalue weighted by Crippen LogP contribution is 2.40. The lowest BCUT2D eigenvalue weighted by molar-refractivity contribution is 0.0542. The molecule has 2 unspecified atom stereocenters. The van der Waals surface area contributed by atoms with E-state index in [1.54, 1.807) is 6.33 Å². The van der Waals surface area contributed by atoms with Crippen LogP contribution in [0.25, 0.3) is 11.2 Å². The van der Waals surface area contributed by atoms with Gasteiger partial charge in [-0.3, -0.25) is 0 Å². The standard InChI is InChI=1S/C14H19ClN4O/c1-8-4-9(6-14(2,3)5-8)20-12-10-11(17-7-16-10)18-13(15)19-12/h7-9H,4-6H2,1-3H3,(H,16,17,18,19). The van der Waals surface area contributed by atoms with E-state index >= 15 is 0 Å². The molecule has 0 spiro atoms. The maximum atomic E-state index is 6.11. The van der Waals surface area contributed by atoms with Crippen LogP contribution in [0.2, 0.25) is 5.28 Å². The van der Waals surface area contributed by atoms with Crippen LogP contribution in [0.15, 0.2) is 6.33 Å². The molecule has 2 aromatic rings. The maximum Gasteiger partial charge on any atom is 0.244 e. The SMILES string of the molecule is CC1CC(Oc2nc(Cl)nc3nc[nH]c23)CC(C)(C)C1. The number of aromatic amines is 1. The predicted octanol–water partition coefficient (Wildman–Crippen LogP) is 3.60. The van der Waals surface area contributed by atoms with Crippen LogP contribution in [0, 0.1) is 11.3 Å². The summed E-state index contributed by atoms with van der Waals surface area (Å²) in [6.07, 6.45) is 5.04. The summed E-state index contributed by atoms with van der Waals surface area (Å²) in [4.78, 5) is 15.4. The van der Waals surface area contributed by atoms with E-state index in [0.29, 0.717) is 28.4 Å². The van der Waals surface area contributed by atoms with Crippen molar-refractivity contribution in [2.75, 3.05) is 0 Å². The van der Waals surface area contributed by atoms with E-state index in [1.165, 1.54) is 6.42 Å². The fourth-order valence-corrected chi connectivity index (χ4v) is 3.53. The lowest BCUT2D eigenvalue weighted by Crippen LogP contribution is -2.34. The van der Waals surface area contributed by atoms with E-state index in [1.807, 2.05) is 0 Å². The topological polar surface area (TPSA) is 63.7 Å². The Bertz CT molecular complexity index is 625. The van der Waals surface area contributed by atoms with Crippen molar-refractivity contribution < 1.29 is 4.74 Å². The highest BCUT2D eigenvalue weighted by atomic mass is 35.5. The minimum absolute atomic E-state index is 0.159. The van der Waals surface area contributed by atoms with Gasteiger partial charge in [0.15, 0.2) is 5.65 Å². The van der Waals surface area contributed by atoms with Crippen molar-refractivity contribution >= 4 is 22.8 Å². The Kier molecular flexibility index (Phi) is 3.32. The molecule has 0 bridgehead atoms. The van der Waals surface area contributed by atoms with Gasteiger partial charge in [-0.15, -0.1) is 0 Å². The Hall–Kier alpha value is -1.36. The first-order chi connectivity index (χ1) is 9.43. The normalized spacial score (nSPS) is 25.8. The first-order valence-electron chi connectivity index (χ1n) is 6.96. The summed E-state index contributed by atoms with van der Waals surface area (Å²) in [5.74, 6) is 1.16. The molecule has 2 aromatic heterocycles. The van der Waals surface area contributed by atoms with E-state index in [9.17, 15) is 0 Å². The van der Waals surface area contributed by atoms with Gasteiger partial charge in [0.25, 0.3) is 0 Å². The number of imidazole rings is 1. The van der Waals surface area contributed by atoms with Gasteiger partial charge in [0, 0.05) is 0 Å². The quantitative estimate of drug-likeness (QED) is 0.860. The van der Waals surface area contributed by atoms with E-state index in [2.05, 4.69) is 40.7 Å². The van der Waals surface area contributed by atoms with Crippen LogP contribution in [0.1, 0.15) is 40.0 Å². The molecule has 1 fully saturated rings. The van der Waals surface area contributed by atoms with Crippen molar-refractivity contribution in [2.24, 2.45) is 11.3 Å². The minimum Gasteiger partial charge on any atom is -0.473 e. The van der Waals surface area contributed by atoms with Gasteiger partial charge in [0.1, 0.15) is 11.6 Å². The number of nitrogens with zero attached hydrogens (tertiary/aromatic N) is 3. The van der Waals surface area contributed by atoms with Gasteiger partial charge in [-0.2, -0.15) is 9.97 Å². The van der Waals surface area contributed by atoms with Crippen molar-refractivity contribution in [2.45, 2.75) is 46.1 Å². The Balaban J connectivity index is 1.87. The van der Waals surface area contributed by atoms with Crippen molar-refractivity contribution in [1.82, 2.24) is 19.9 Å². The van der Waals surface area contributed by atoms with E-state index < -0.39 is 0 Å². The van der Waals surface area contributed by atoms with Gasteiger partial charge < -0.3 is 9.72 Å². The molecule has 0 radical (unpaired) electrons. The van der Waals surface area contributed by atoms with Gasteiger partial charge in [0.05, 0.1) is 6.33 Å². The fourth-order valence-electron chi connectivity index (χ4n) is 3.37. The van der Waals surface area contributed by atoms with E-state index in [4.69, 9.17) is 16.3 Å². The summed E-state index contributed by atoms with van der Waals surface area (Å²) < 4.78 is 6.11. The van der Waals surface area contributed by atoms with Gasteiger partial charge in [-0.25, -0.2) is 4.98 Å². The molecule has 1 saturated carbocycles. The molecule has 2 atom stereocenters. The number of ether oxygens (including phenoxy) is 1. The number of halogens is 1. The fraction of sp³-hybridized carbons (Fsp3) is 0.643. The largest absolute Gasteiger partial charge is 0.473 e. The lowest BCUT2D eigenvalue weighted by atomic mass is 9.71. The highest BCUT2D eigenvalue weighted by molar-refractivity contribution is 6.28. The Morgan fingerprint density at radius 3 is 2.90 bits per heavy atom. The summed E-state index contributed by atoms with van der Waals surface area (Å²) in [6.45, 7) is 6.85. The van der Waals surface area contributed by atoms with Crippen LogP contribution in [0.4, 0.5) is 0 Å². The monoisotopic (exact) mass is 294 g/mol. The third kappa shape index (κ3) is 2.73. The number of aromatic nitrogens is 4. The minimum atomic E-state index is 0.159. The maximum absolute atomic E-state index is 6.11. The van der Waals surface area contributed by atoms with Crippen LogP contribution < -0.4 is 4.74 Å². The third-order valence-corrected chi connectivity index (χ3v) is 4.02. The summed E-state index contributed by atoms with van der Waals surface area (Å²) in [5, 5.41) is 0.169. The number of rotatable bonds is 2. The number of fused-ring (bicyclic) bond motifs is 1. The van der Waals surface area contributed by atoms with Gasteiger partial charge >= 0.3 is 0 Å². The van der Waals surface area contributed by atoms with E-state index in [0.717, 1.165) is 12.8 Å². The van der Waals surface area contributed by atoms with Gasteiger partial charge in [-0.05, 0) is 42.2 Å². The first kappa shape index (κ1) is 13.6. The molecule has 2 heterocycles. The molecule has 5 nitrogen and oxygen atoms in total. The number of H-pyrrole nitrogens is 1. The number of hydrogen-bond acceptors (Lipinski definition) is 4. The van der Waals surface area contributed by atoms with Crippen molar-refractivity contribution in [3.8, 4) is 5.88 Å². The van der Waals surface area contributed by atoms with Crippen LogP contribution in [-0.4, -0.2) is 26.0 Å². The first-order valence-corrected chi connectivity index (χ1v) is 7.34. The number of hydrogen-bond donors (Lipinski definition) is 1.